The summed E-state index contributed by atoms with van der Waals surface area (Å²) in [6.45, 7) is 2.28. The third kappa shape index (κ3) is 4.10. The lowest BCUT2D eigenvalue weighted by Gasteiger charge is -2.29. The average Bonchev–Trinajstić information content (AvgIpc) is 2.96. The molecule has 0 radical (unpaired) electrons. The summed E-state index contributed by atoms with van der Waals surface area (Å²) < 4.78 is 19.8. The molecule has 0 spiro atoms. The summed E-state index contributed by atoms with van der Waals surface area (Å²) in [6.07, 6.45) is 1.89. The first-order chi connectivity index (χ1) is 12.1. The number of rotatable bonds is 5. The number of benzene rings is 1. The molecule has 0 saturated carbocycles. The Labute approximate surface area is 150 Å². The predicted octanol–water partition coefficient (Wildman–Crippen LogP) is 1.31. The van der Waals surface area contributed by atoms with Crippen molar-refractivity contribution in [1.29, 1.82) is 0 Å². The Balaban J connectivity index is 1.69. The first-order valence-electron chi connectivity index (χ1n) is 8.08. The van der Waals surface area contributed by atoms with Crippen molar-refractivity contribution in [3.63, 3.8) is 0 Å². The van der Waals surface area contributed by atoms with Gasteiger partial charge in [0.15, 0.2) is 0 Å². The molecule has 25 heavy (non-hydrogen) atoms. The van der Waals surface area contributed by atoms with E-state index in [-0.39, 0.29) is 5.82 Å². The van der Waals surface area contributed by atoms with Crippen molar-refractivity contribution < 1.29 is 13.9 Å². The minimum absolute atomic E-state index is 0.307. The van der Waals surface area contributed by atoms with Crippen LogP contribution in [-0.2, 0) is 4.74 Å². The van der Waals surface area contributed by atoms with E-state index >= 15 is 0 Å². The molecule has 7 nitrogen and oxygen atoms in total. The second kappa shape index (κ2) is 7.83. The van der Waals surface area contributed by atoms with E-state index in [0.29, 0.717) is 24.5 Å². The van der Waals surface area contributed by atoms with Gasteiger partial charge in [-0.1, -0.05) is 0 Å². The van der Waals surface area contributed by atoms with E-state index in [0.717, 1.165) is 24.6 Å². The van der Waals surface area contributed by atoms with Gasteiger partial charge in [-0.2, -0.15) is 11.8 Å². The quantitative estimate of drug-likeness (QED) is 0.599. The van der Waals surface area contributed by atoms with Crippen molar-refractivity contribution >= 4 is 29.2 Å². The third-order valence-electron chi connectivity index (χ3n) is 4.16. The highest BCUT2D eigenvalue weighted by atomic mass is 32.2. The number of halogens is 1. The van der Waals surface area contributed by atoms with Gasteiger partial charge in [0.05, 0.1) is 24.5 Å². The van der Waals surface area contributed by atoms with Gasteiger partial charge in [0.2, 0.25) is 0 Å². The van der Waals surface area contributed by atoms with E-state index in [4.69, 9.17) is 16.3 Å². The van der Waals surface area contributed by atoms with Gasteiger partial charge in [-0.25, -0.2) is 15.0 Å². The number of ether oxygens (including phenoxy) is 1. The minimum atomic E-state index is -0.503. The van der Waals surface area contributed by atoms with Crippen LogP contribution >= 0.6 is 11.8 Å². The number of nitrogens with two attached hydrogens (primary N) is 2. The molecule has 2 aliphatic rings. The first kappa shape index (κ1) is 17.7. The fraction of sp³-hybridized carbons (Fsp3) is 0.438. The smallest absolute Gasteiger partial charge is 0.414 e. The summed E-state index contributed by atoms with van der Waals surface area (Å²) in [5.41, 5.74) is 6.34. The maximum absolute atomic E-state index is 14.5. The monoisotopic (exact) mass is 367 g/mol. The van der Waals surface area contributed by atoms with Gasteiger partial charge in [-0.05, 0) is 18.2 Å². The molecular formula is C16H22FN5O2S. The molecule has 4 N–H and O–H groups in total. The zero-order valence-corrected chi connectivity index (χ0v) is 14.6. The van der Waals surface area contributed by atoms with E-state index in [9.17, 15) is 9.18 Å². The largest absolute Gasteiger partial charge is 0.442 e. The minimum Gasteiger partial charge on any atom is -0.442 e. The van der Waals surface area contributed by atoms with Crippen LogP contribution in [0.15, 0.2) is 30.6 Å². The Morgan fingerprint density at radius 3 is 2.84 bits per heavy atom. The van der Waals surface area contributed by atoms with Crippen LogP contribution in [0.25, 0.3) is 0 Å². The normalized spacial score (nSPS) is 21.0. The van der Waals surface area contributed by atoms with Crippen molar-refractivity contribution in [2.45, 2.75) is 6.10 Å². The molecule has 9 heteroatoms. The van der Waals surface area contributed by atoms with Crippen LogP contribution in [0.3, 0.4) is 0 Å². The first-order valence-corrected chi connectivity index (χ1v) is 9.24. The maximum atomic E-state index is 14.5. The summed E-state index contributed by atoms with van der Waals surface area (Å²) in [7, 11) is 0. The van der Waals surface area contributed by atoms with Crippen molar-refractivity contribution in [3.05, 3.63) is 36.4 Å². The Hall–Kier alpha value is -2.13. The lowest BCUT2D eigenvalue weighted by Crippen LogP contribution is -2.36. The van der Waals surface area contributed by atoms with E-state index in [2.05, 4.69) is 0 Å². The molecule has 1 amide bonds. The van der Waals surface area contributed by atoms with E-state index < -0.39 is 12.2 Å². The van der Waals surface area contributed by atoms with E-state index in [1.807, 2.05) is 16.7 Å². The number of thioether (sulfide) groups is 1. The van der Waals surface area contributed by atoms with Gasteiger partial charge in [0.1, 0.15) is 11.9 Å². The van der Waals surface area contributed by atoms with Crippen molar-refractivity contribution in [2.75, 3.05) is 47.5 Å². The summed E-state index contributed by atoms with van der Waals surface area (Å²) in [5.74, 6) is 7.37. The van der Waals surface area contributed by atoms with Crippen molar-refractivity contribution in [3.8, 4) is 0 Å². The SMILES string of the molecule is N/C=C\N(N)CC1CN(c2ccc(N3CCSCC3)c(F)c2)C(=O)O1. The Kier molecular flexibility index (Phi) is 5.54. The highest BCUT2D eigenvalue weighted by Gasteiger charge is 2.33. The molecule has 0 aromatic heterocycles. The van der Waals surface area contributed by atoms with Crippen LogP contribution < -0.4 is 21.4 Å². The van der Waals surface area contributed by atoms with Crippen LogP contribution in [0.5, 0.6) is 0 Å². The molecule has 1 aromatic rings. The molecule has 1 unspecified atom stereocenters. The number of hydrogen-bond acceptors (Lipinski definition) is 7. The van der Waals surface area contributed by atoms with Crippen LogP contribution in [0.2, 0.25) is 0 Å². The lowest BCUT2D eigenvalue weighted by molar-refractivity contribution is 0.122. The third-order valence-corrected chi connectivity index (χ3v) is 5.10. The van der Waals surface area contributed by atoms with Gasteiger partial charge in [-0.3, -0.25) is 4.90 Å². The van der Waals surface area contributed by atoms with Gasteiger partial charge in [-0.15, -0.1) is 0 Å². The number of hydrogen-bond donors (Lipinski definition) is 2. The summed E-state index contributed by atoms with van der Waals surface area (Å²) >= 11 is 1.87. The summed E-state index contributed by atoms with van der Waals surface area (Å²) in [6, 6.07) is 4.87. The number of nitrogens with zero attached hydrogens (tertiary/aromatic N) is 3. The Morgan fingerprint density at radius 1 is 1.40 bits per heavy atom. The summed E-state index contributed by atoms with van der Waals surface area (Å²) in [4.78, 5) is 15.5. The summed E-state index contributed by atoms with van der Waals surface area (Å²) in [5, 5.41) is 1.35. The van der Waals surface area contributed by atoms with Crippen LogP contribution in [-0.4, -0.2) is 54.9 Å². The number of hydrazine groups is 1. The highest BCUT2D eigenvalue weighted by molar-refractivity contribution is 7.99. The zero-order chi connectivity index (χ0) is 17.8. The molecular weight excluding hydrogens is 345 g/mol. The van der Waals surface area contributed by atoms with Crippen LogP contribution in [0, 0.1) is 5.82 Å². The van der Waals surface area contributed by atoms with Gasteiger partial charge >= 0.3 is 6.09 Å². The van der Waals surface area contributed by atoms with Crippen molar-refractivity contribution in [2.24, 2.45) is 11.6 Å². The standard InChI is InChI=1S/C16H22FN5O2S/c17-14-9-12(1-2-15(14)20-5-7-25-8-6-20)22-11-13(24-16(22)23)10-21(19)4-3-18/h1-4,9,13H,5-8,10-11,18-19H2/b4-3-. The van der Waals surface area contributed by atoms with Crippen molar-refractivity contribution in [1.82, 2.24) is 5.01 Å². The van der Waals surface area contributed by atoms with Crippen LogP contribution in [0.1, 0.15) is 0 Å². The molecule has 0 bridgehead atoms. The molecule has 1 aromatic carbocycles. The fourth-order valence-corrected chi connectivity index (χ4v) is 3.86. The molecule has 2 saturated heterocycles. The fourth-order valence-electron chi connectivity index (χ4n) is 2.96. The number of carbonyl (C=O) groups excluding carboxylic acids is 1. The molecule has 1 atom stereocenters. The number of carbonyl (C=O) groups is 1. The topological polar surface area (TPSA) is 88.1 Å². The maximum Gasteiger partial charge on any atom is 0.414 e. The molecule has 2 aliphatic heterocycles. The molecule has 2 fully saturated rings. The second-order valence-corrected chi connectivity index (χ2v) is 7.11. The average molecular weight is 367 g/mol. The van der Waals surface area contributed by atoms with Crippen LogP contribution in [0.4, 0.5) is 20.6 Å². The van der Waals surface area contributed by atoms with E-state index in [1.165, 1.54) is 28.4 Å². The number of cyclic esters (lactones) is 1. The van der Waals surface area contributed by atoms with Gasteiger partial charge < -0.3 is 20.4 Å². The second-order valence-electron chi connectivity index (χ2n) is 5.89. The lowest BCUT2D eigenvalue weighted by atomic mass is 10.2. The number of anilines is 2. The molecule has 0 aliphatic carbocycles. The highest BCUT2D eigenvalue weighted by Crippen LogP contribution is 2.29. The zero-order valence-electron chi connectivity index (χ0n) is 13.8. The molecule has 3 rings (SSSR count). The number of amides is 1. The van der Waals surface area contributed by atoms with E-state index in [1.54, 1.807) is 12.1 Å². The van der Waals surface area contributed by atoms with Gasteiger partial charge in [0.25, 0.3) is 0 Å². The predicted molar refractivity (Wildman–Crippen MR) is 97.8 cm³/mol. The molecule has 136 valence electrons. The molecule has 2 heterocycles. The Bertz CT molecular complexity index is 653. The Morgan fingerprint density at radius 2 is 2.16 bits per heavy atom. The van der Waals surface area contributed by atoms with Gasteiger partial charge in [0, 0.05) is 37.0 Å².